The third kappa shape index (κ3) is 2.50. The highest BCUT2D eigenvalue weighted by Crippen LogP contribution is 2.55. The van der Waals surface area contributed by atoms with E-state index in [0.717, 1.165) is 31.0 Å². The summed E-state index contributed by atoms with van der Waals surface area (Å²) in [6.07, 6.45) is 5.35. The first-order chi connectivity index (χ1) is 10.8. The number of aromatic nitrogens is 2. The molecule has 0 N–H and O–H groups in total. The Morgan fingerprint density at radius 3 is 2.57 bits per heavy atom. The van der Waals surface area contributed by atoms with Gasteiger partial charge in [-0.15, -0.1) is 0 Å². The minimum absolute atomic E-state index is 0.0407. The Balaban J connectivity index is 1.90. The van der Waals surface area contributed by atoms with Gasteiger partial charge >= 0.3 is 0 Å². The van der Waals surface area contributed by atoms with Crippen LogP contribution in [0.1, 0.15) is 39.4 Å². The van der Waals surface area contributed by atoms with Gasteiger partial charge in [-0.05, 0) is 31.1 Å². The lowest BCUT2D eigenvalue weighted by Gasteiger charge is -2.56. The number of Topliss-reactive ketones (excluding diaryl/α,β-unsaturated/α-hetero) is 1. The summed E-state index contributed by atoms with van der Waals surface area (Å²) in [7, 11) is 0. The van der Waals surface area contributed by atoms with Crippen LogP contribution in [0.3, 0.4) is 0 Å². The first-order valence-corrected chi connectivity index (χ1v) is 8.25. The van der Waals surface area contributed by atoms with Crippen LogP contribution < -0.4 is 4.90 Å². The SMILES string of the molecule is Cc1ncc(N2CC[C@@H]3C(C)(C)C(=O)C(C#N)C[C@@]3(C)C2)cn1. The molecule has 23 heavy (non-hydrogen) atoms. The minimum Gasteiger partial charge on any atom is -0.368 e. The number of hydrogen-bond acceptors (Lipinski definition) is 5. The highest BCUT2D eigenvalue weighted by atomic mass is 16.1. The quantitative estimate of drug-likeness (QED) is 0.797. The Kier molecular flexibility index (Phi) is 3.66. The molecular formula is C18H24N4O. The van der Waals surface area contributed by atoms with E-state index in [-0.39, 0.29) is 11.2 Å². The van der Waals surface area contributed by atoms with Crippen LogP contribution in [0, 0.1) is 40.9 Å². The van der Waals surface area contributed by atoms with Crippen molar-refractivity contribution in [2.24, 2.45) is 22.7 Å². The van der Waals surface area contributed by atoms with Crippen LogP contribution in [0.25, 0.3) is 0 Å². The topological polar surface area (TPSA) is 69.9 Å². The molecule has 3 rings (SSSR count). The predicted molar refractivity (Wildman–Crippen MR) is 87.7 cm³/mol. The average Bonchev–Trinajstić information content (AvgIpc) is 2.51. The Hall–Kier alpha value is -1.96. The average molecular weight is 312 g/mol. The lowest BCUT2D eigenvalue weighted by molar-refractivity contribution is -0.145. The van der Waals surface area contributed by atoms with Crippen molar-refractivity contribution in [2.45, 2.75) is 40.5 Å². The zero-order chi connectivity index (χ0) is 16.8. The van der Waals surface area contributed by atoms with Crippen molar-refractivity contribution in [2.75, 3.05) is 18.0 Å². The third-order valence-corrected chi connectivity index (χ3v) is 5.86. The molecule has 1 aromatic heterocycles. The molecule has 1 saturated heterocycles. The molecule has 0 bridgehead atoms. The molecule has 0 aromatic carbocycles. The number of ketones is 1. The van der Waals surface area contributed by atoms with Crippen molar-refractivity contribution in [3.63, 3.8) is 0 Å². The predicted octanol–water partition coefficient (Wildman–Crippen LogP) is 2.76. The van der Waals surface area contributed by atoms with E-state index in [0.29, 0.717) is 12.3 Å². The summed E-state index contributed by atoms with van der Waals surface area (Å²) >= 11 is 0. The summed E-state index contributed by atoms with van der Waals surface area (Å²) in [6.45, 7) is 9.90. The van der Waals surface area contributed by atoms with Gasteiger partial charge in [-0.3, -0.25) is 4.79 Å². The Bertz CT molecular complexity index is 661. The number of carbonyl (C=O) groups is 1. The maximum atomic E-state index is 12.6. The number of nitrogens with zero attached hydrogens (tertiary/aromatic N) is 4. The molecule has 1 aliphatic heterocycles. The van der Waals surface area contributed by atoms with E-state index in [2.05, 4.69) is 27.9 Å². The number of aryl methyl sites for hydroxylation is 1. The van der Waals surface area contributed by atoms with Crippen LogP contribution in [0.4, 0.5) is 5.69 Å². The summed E-state index contributed by atoms with van der Waals surface area (Å²) in [5, 5.41) is 9.41. The first kappa shape index (κ1) is 15.9. The Morgan fingerprint density at radius 1 is 1.30 bits per heavy atom. The molecule has 1 unspecified atom stereocenters. The van der Waals surface area contributed by atoms with Gasteiger partial charge in [-0.1, -0.05) is 20.8 Å². The van der Waals surface area contributed by atoms with Gasteiger partial charge in [-0.25, -0.2) is 9.97 Å². The first-order valence-electron chi connectivity index (χ1n) is 8.25. The van der Waals surface area contributed by atoms with Gasteiger partial charge in [0.1, 0.15) is 11.7 Å². The van der Waals surface area contributed by atoms with Crippen molar-refractivity contribution in [3.05, 3.63) is 18.2 Å². The van der Waals surface area contributed by atoms with Crippen LogP contribution in [0.5, 0.6) is 0 Å². The second-order valence-corrected chi connectivity index (χ2v) is 7.88. The standard InChI is InChI=1S/C18H24N4O/c1-12-20-9-14(10-21-12)22-6-5-15-17(2,3)16(23)13(8-19)7-18(15,4)11-22/h9-10,13,15H,5-7,11H2,1-4H3/t13?,15-,18+/m1/s1. The molecule has 0 amide bonds. The normalized spacial score (nSPS) is 33.0. The van der Waals surface area contributed by atoms with Crippen molar-refractivity contribution < 1.29 is 4.79 Å². The molecule has 122 valence electrons. The van der Waals surface area contributed by atoms with Crippen molar-refractivity contribution in [3.8, 4) is 6.07 Å². The number of anilines is 1. The van der Waals surface area contributed by atoms with E-state index in [1.165, 1.54) is 0 Å². The summed E-state index contributed by atoms with van der Waals surface area (Å²) in [5.41, 5.74) is 0.558. The van der Waals surface area contributed by atoms with Crippen LogP contribution in [0.2, 0.25) is 0 Å². The van der Waals surface area contributed by atoms with Crippen molar-refractivity contribution >= 4 is 11.5 Å². The van der Waals surface area contributed by atoms with Gasteiger partial charge in [0.25, 0.3) is 0 Å². The smallest absolute Gasteiger partial charge is 0.155 e. The summed E-state index contributed by atoms with van der Waals surface area (Å²) in [5.74, 6) is 0.716. The van der Waals surface area contributed by atoms with Gasteiger partial charge < -0.3 is 4.90 Å². The molecular weight excluding hydrogens is 288 g/mol. The van der Waals surface area contributed by atoms with Crippen LogP contribution in [0.15, 0.2) is 12.4 Å². The van der Waals surface area contributed by atoms with E-state index >= 15 is 0 Å². The number of fused-ring (bicyclic) bond motifs is 1. The molecule has 0 radical (unpaired) electrons. The fraction of sp³-hybridized carbons (Fsp3) is 0.667. The van der Waals surface area contributed by atoms with Crippen molar-refractivity contribution in [1.82, 2.24) is 9.97 Å². The number of rotatable bonds is 1. The van der Waals surface area contributed by atoms with Gasteiger partial charge in [0.15, 0.2) is 5.78 Å². The van der Waals surface area contributed by atoms with Gasteiger partial charge in [-0.2, -0.15) is 5.26 Å². The van der Waals surface area contributed by atoms with E-state index in [9.17, 15) is 10.1 Å². The molecule has 1 aliphatic carbocycles. The largest absolute Gasteiger partial charge is 0.368 e. The second kappa shape index (κ2) is 5.30. The number of piperidine rings is 1. The molecule has 0 spiro atoms. The van der Waals surface area contributed by atoms with Crippen molar-refractivity contribution in [1.29, 1.82) is 5.26 Å². The molecule has 1 saturated carbocycles. The third-order valence-electron chi connectivity index (χ3n) is 5.86. The fourth-order valence-corrected chi connectivity index (χ4v) is 4.75. The minimum atomic E-state index is -0.486. The van der Waals surface area contributed by atoms with Crippen LogP contribution >= 0.6 is 0 Å². The van der Waals surface area contributed by atoms with Crippen LogP contribution in [-0.2, 0) is 4.79 Å². The number of nitriles is 1. The van der Waals surface area contributed by atoms with Crippen LogP contribution in [-0.4, -0.2) is 28.8 Å². The summed E-state index contributed by atoms with van der Waals surface area (Å²) < 4.78 is 0. The molecule has 1 aromatic rings. The maximum absolute atomic E-state index is 12.6. The number of carbonyl (C=O) groups excluding carboxylic acids is 1. The Morgan fingerprint density at radius 2 is 1.96 bits per heavy atom. The molecule has 5 heteroatoms. The lowest BCUT2D eigenvalue weighted by Crippen LogP contribution is -2.59. The summed E-state index contributed by atoms with van der Waals surface area (Å²) in [6, 6.07) is 2.24. The van der Waals surface area contributed by atoms with Gasteiger partial charge in [0, 0.05) is 18.5 Å². The lowest BCUT2D eigenvalue weighted by atomic mass is 9.51. The Labute approximate surface area is 137 Å². The molecule has 3 atom stereocenters. The number of hydrogen-bond donors (Lipinski definition) is 0. The zero-order valence-corrected chi connectivity index (χ0v) is 14.3. The highest BCUT2D eigenvalue weighted by molar-refractivity contribution is 5.89. The second-order valence-electron chi connectivity index (χ2n) is 7.88. The molecule has 2 heterocycles. The van der Waals surface area contributed by atoms with E-state index in [1.54, 1.807) is 0 Å². The van der Waals surface area contributed by atoms with E-state index in [4.69, 9.17) is 0 Å². The summed E-state index contributed by atoms with van der Waals surface area (Å²) in [4.78, 5) is 23.5. The van der Waals surface area contributed by atoms with Gasteiger partial charge in [0.05, 0.1) is 24.2 Å². The maximum Gasteiger partial charge on any atom is 0.155 e. The van der Waals surface area contributed by atoms with E-state index < -0.39 is 11.3 Å². The van der Waals surface area contributed by atoms with E-state index in [1.807, 2.05) is 33.2 Å². The monoisotopic (exact) mass is 312 g/mol. The van der Waals surface area contributed by atoms with Gasteiger partial charge in [0.2, 0.25) is 0 Å². The fourth-order valence-electron chi connectivity index (χ4n) is 4.75. The molecule has 2 fully saturated rings. The molecule has 2 aliphatic rings. The molecule has 5 nitrogen and oxygen atoms in total. The highest BCUT2D eigenvalue weighted by Gasteiger charge is 2.56. The zero-order valence-electron chi connectivity index (χ0n) is 14.3.